The molecule has 1 aromatic carbocycles. The maximum atomic E-state index is 12.0. The van der Waals surface area contributed by atoms with Crippen molar-refractivity contribution < 1.29 is 4.79 Å². The number of hydrogen-bond acceptors (Lipinski definition) is 8. The van der Waals surface area contributed by atoms with Gasteiger partial charge in [-0.15, -0.1) is 0 Å². The number of nitrogen functional groups attached to an aromatic ring is 1. The second-order valence-electron chi connectivity index (χ2n) is 7.05. The van der Waals surface area contributed by atoms with Gasteiger partial charge in [0.25, 0.3) is 5.91 Å². The van der Waals surface area contributed by atoms with Gasteiger partial charge in [-0.1, -0.05) is 0 Å². The highest BCUT2D eigenvalue weighted by Crippen LogP contribution is 2.27. The Morgan fingerprint density at radius 2 is 1.93 bits per heavy atom. The van der Waals surface area contributed by atoms with Crippen LogP contribution in [0.1, 0.15) is 40.9 Å². The topological polar surface area (TPSA) is 182 Å². The first-order valence-electron chi connectivity index (χ1n) is 9.48. The van der Waals surface area contributed by atoms with E-state index in [-0.39, 0.29) is 22.9 Å². The predicted molar refractivity (Wildman–Crippen MR) is 114 cm³/mol. The number of nitrogens with one attached hydrogen (secondary N) is 3. The lowest BCUT2D eigenvalue weighted by Crippen LogP contribution is -2.35. The van der Waals surface area contributed by atoms with E-state index in [2.05, 4.69) is 21.4 Å². The van der Waals surface area contributed by atoms with Crippen molar-refractivity contribution in [1.29, 1.82) is 16.1 Å². The highest BCUT2D eigenvalue weighted by atomic mass is 16.1. The number of amides is 1. The van der Waals surface area contributed by atoms with E-state index >= 15 is 0 Å². The second kappa shape index (κ2) is 9.00. The number of primary amides is 1. The van der Waals surface area contributed by atoms with Gasteiger partial charge in [-0.05, 0) is 43.0 Å². The summed E-state index contributed by atoms with van der Waals surface area (Å²) in [5.41, 5.74) is 12.4. The normalized spacial score (nSPS) is 14.0. The number of rotatable bonds is 7. The van der Waals surface area contributed by atoms with Crippen molar-refractivity contribution in [2.24, 2.45) is 17.4 Å². The number of nitrogens with two attached hydrogens (primary N) is 2. The number of amidine groups is 1. The van der Waals surface area contributed by atoms with Crippen LogP contribution >= 0.6 is 0 Å². The van der Waals surface area contributed by atoms with E-state index in [0.29, 0.717) is 42.6 Å². The summed E-state index contributed by atoms with van der Waals surface area (Å²) in [5, 5.41) is 27.1. The Balaban J connectivity index is 1.93. The van der Waals surface area contributed by atoms with E-state index in [0.717, 1.165) is 19.1 Å². The molecule has 0 unspecified atom stereocenters. The molecular weight excluding hydrogens is 382 g/mol. The highest BCUT2D eigenvalue weighted by Gasteiger charge is 2.24. The number of anilines is 3. The Labute approximate surface area is 173 Å². The van der Waals surface area contributed by atoms with Gasteiger partial charge < -0.3 is 27.1 Å². The van der Waals surface area contributed by atoms with Crippen LogP contribution in [0.2, 0.25) is 0 Å². The molecule has 10 nitrogen and oxygen atoms in total. The average molecular weight is 405 g/mol. The first kappa shape index (κ1) is 20.7. The van der Waals surface area contributed by atoms with Crippen molar-refractivity contribution in [2.45, 2.75) is 19.3 Å². The first-order chi connectivity index (χ1) is 14.4. The number of carbonyl (C=O) groups excluding carboxylic acids is 1. The van der Waals surface area contributed by atoms with Gasteiger partial charge in [-0.25, -0.2) is 4.98 Å². The summed E-state index contributed by atoms with van der Waals surface area (Å²) in [6.07, 6.45) is 3.22. The third kappa shape index (κ3) is 4.52. The third-order valence-electron chi connectivity index (χ3n) is 5.04. The summed E-state index contributed by atoms with van der Waals surface area (Å²) in [5.74, 6) is 0.179. The van der Waals surface area contributed by atoms with E-state index in [9.17, 15) is 4.79 Å². The van der Waals surface area contributed by atoms with Gasteiger partial charge in [0.1, 0.15) is 22.9 Å². The molecule has 1 aliphatic rings. The van der Waals surface area contributed by atoms with Crippen LogP contribution in [0.5, 0.6) is 0 Å². The number of nitrogens with zero attached hydrogens (tertiary/aromatic N) is 4. The van der Waals surface area contributed by atoms with Crippen molar-refractivity contribution in [1.82, 2.24) is 9.97 Å². The molecule has 1 saturated heterocycles. The van der Waals surface area contributed by atoms with Gasteiger partial charge >= 0.3 is 0 Å². The third-order valence-corrected chi connectivity index (χ3v) is 5.04. The molecule has 154 valence electrons. The van der Waals surface area contributed by atoms with Crippen LogP contribution in [0.3, 0.4) is 0 Å². The summed E-state index contributed by atoms with van der Waals surface area (Å²) in [4.78, 5) is 22.9. The number of benzene rings is 1. The quantitative estimate of drug-likeness (QED) is 0.343. The Hall–Kier alpha value is -4.00. The van der Waals surface area contributed by atoms with Crippen molar-refractivity contribution in [3.8, 4) is 6.07 Å². The van der Waals surface area contributed by atoms with E-state index < -0.39 is 5.91 Å². The van der Waals surface area contributed by atoms with Gasteiger partial charge in [0, 0.05) is 37.0 Å². The van der Waals surface area contributed by atoms with Crippen molar-refractivity contribution >= 4 is 35.4 Å². The van der Waals surface area contributed by atoms with Crippen LogP contribution in [-0.2, 0) is 0 Å². The lowest BCUT2D eigenvalue weighted by molar-refractivity contribution is 0.100. The van der Waals surface area contributed by atoms with Gasteiger partial charge in [-0.3, -0.25) is 10.2 Å². The molecule has 2 aromatic rings. The van der Waals surface area contributed by atoms with Crippen molar-refractivity contribution in [2.75, 3.05) is 23.3 Å². The minimum atomic E-state index is -0.740. The van der Waals surface area contributed by atoms with E-state index in [1.165, 1.54) is 0 Å². The molecule has 1 fully saturated rings. The monoisotopic (exact) mass is 405 g/mol. The molecule has 0 spiro atoms. The zero-order chi connectivity index (χ0) is 21.7. The Bertz CT molecular complexity index is 1000. The average Bonchev–Trinajstić information content (AvgIpc) is 2.74. The molecule has 1 aromatic heterocycles. The second-order valence-corrected chi connectivity index (χ2v) is 7.05. The van der Waals surface area contributed by atoms with Gasteiger partial charge in [0.15, 0.2) is 0 Å². The smallest absolute Gasteiger partial charge is 0.254 e. The molecule has 1 aliphatic heterocycles. The molecule has 0 bridgehead atoms. The number of aromatic nitrogens is 2. The number of nitriles is 1. The van der Waals surface area contributed by atoms with Crippen molar-refractivity contribution in [3.05, 3.63) is 41.1 Å². The van der Waals surface area contributed by atoms with Gasteiger partial charge in [0.05, 0.1) is 6.07 Å². The lowest BCUT2D eigenvalue weighted by atomic mass is 9.94. The Kier molecular flexibility index (Phi) is 6.22. The van der Waals surface area contributed by atoms with E-state index in [1.54, 1.807) is 24.3 Å². The Morgan fingerprint density at radius 3 is 2.47 bits per heavy atom. The number of hydrogen-bond donors (Lipinski definition) is 5. The van der Waals surface area contributed by atoms with Gasteiger partial charge in [-0.2, -0.15) is 10.2 Å². The molecule has 2 heterocycles. The minimum absolute atomic E-state index is 0.0313. The SMILES string of the molecule is N#CCC1CCN(c2nc(C=N)c(C(N)=O)c(Nc3ccc(C(=N)N)cc3)n2)CC1. The van der Waals surface area contributed by atoms with E-state index in [1.807, 2.05) is 4.90 Å². The standard InChI is InChI=1S/C20H23N9O/c21-8-5-12-6-9-29(10-7-12)20-27-15(11-22)16(18(25)30)19(28-20)26-14-3-1-13(2-4-14)17(23)24/h1-4,11-12,22H,5-7,9-10H2,(H3,23,24)(H2,25,30)(H,26,27,28). The minimum Gasteiger partial charge on any atom is -0.384 e. The fraction of sp³-hybridized carbons (Fsp3) is 0.300. The zero-order valence-electron chi connectivity index (χ0n) is 16.4. The van der Waals surface area contributed by atoms with Crippen molar-refractivity contribution in [3.63, 3.8) is 0 Å². The van der Waals surface area contributed by atoms with Crippen LogP contribution in [-0.4, -0.2) is 41.0 Å². The van der Waals surface area contributed by atoms with Crippen LogP contribution in [0, 0.1) is 28.1 Å². The molecule has 0 aliphatic carbocycles. The zero-order valence-corrected chi connectivity index (χ0v) is 16.4. The predicted octanol–water partition coefficient (Wildman–Crippen LogP) is 1.73. The van der Waals surface area contributed by atoms with Crippen LogP contribution in [0.4, 0.5) is 17.5 Å². The molecule has 1 amide bonds. The molecule has 0 atom stereocenters. The summed E-state index contributed by atoms with van der Waals surface area (Å²) < 4.78 is 0. The molecule has 0 radical (unpaired) electrons. The lowest BCUT2D eigenvalue weighted by Gasteiger charge is -2.31. The van der Waals surface area contributed by atoms with Gasteiger partial charge in [0.2, 0.25) is 5.95 Å². The number of carbonyl (C=O) groups is 1. The summed E-state index contributed by atoms with van der Waals surface area (Å²) >= 11 is 0. The maximum absolute atomic E-state index is 12.0. The summed E-state index contributed by atoms with van der Waals surface area (Å²) in [6.45, 7) is 1.37. The molecule has 3 rings (SSSR count). The fourth-order valence-electron chi connectivity index (χ4n) is 3.38. The Morgan fingerprint density at radius 1 is 1.27 bits per heavy atom. The van der Waals surface area contributed by atoms with E-state index in [4.69, 9.17) is 27.5 Å². The molecule has 7 N–H and O–H groups in total. The van der Waals surface area contributed by atoms with Crippen LogP contribution in [0.15, 0.2) is 24.3 Å². The molecule has 10 heteroatoms. The fourth-order valence-corrected chi connectivity index (χ4v) is 3.38. The van der Waals surface area contributed by atoms with Crippen LogP contribution in [0.25, 0.3) is 0 Å². The summed E-state index contributed by atoms with van der Waals surface area (Å²) in [7, 11) is 0. The summed E-state index contributed by atoms with van der Waals surface area (Å²) in [6, 6.07) is 8.98. The highest BCUT2D eigenvalue weighted by molar-refractivity contribution is 6.04. The largest absolute Gasteiger partial charge is 0.384 e. The number of piperidine rings is 1. The molecule has 0 saturated carbocycles. The van der Waals surface area contributed by atoms with Crippen LogP contribution < -0.4 is 21.7 Å². The maximum Gasteiger partial charge on any atom is 0.254 e. The molecule has 30 heavy (non-hydrogen) atoms. The first-order valence-corrected chi connectivity index (χ1v) is 9.48. The molecular formula is C20H23N9O.